The molecule has 1 aromatic carbocycles. The van der Waals surface area contributed by atoms with Crippen LogP contribution < -0.4 is 14.8 Å². The number of methoxy groups -OCH3 is 2. The molecule has 1 N–H and O–H groups in total. The Labute approximate surface area is 152 Å². The van der Waals surface area contributed by atoms with Gasteiger partial charge in [0.15, 0.2) is 11.5 Å². The third-order valence-electron chi connectivity index (χ3n) is 3.30. The molecule has 142 valence electrons. The number of nitrogens with zero attached hydrogens (tertiary/aromatic N) is 2. The third-order valence-corrected chi connectivity index (χ3v) is 3.30. The van der Waals surface area contributed by atoms with E-state index in [-0.39, 0.29) is 41.8 Å². The second-order valence-corrected chi connectivity index (χ2v) is 4.95. The van der Waals surface area contributed by atoms with Gasteiger partial charge in [-0.2, -0.15) is 0 Å². The number of carbonyl (C=O) groups is 1. The van der Waals surface area contributed by atoms with Crippen LogP contribution in [0.1, 0.15) is 10.4 Å². The second-order valence-electron chi connectivity index (χ2n) is 4.95. The molecular weight excluding hydrogens is 354 g/mol. The van der Waals surface area contributed by atoms with Crippen molar-refractivity contribution in [2.75, 3.05) is 54.6 Å². The molecule has 0 aromatic heterocycles. The molecule has 0 fully saturated rings. The van der Waals surface area contributed by atoms with Crippen molar-refractivity contribution < 1.29 is 23.9 Å². The molecule has 0 heterocycles. The van der Waals surface area contributed by atoms with Crippen molar-refractivity contribution in [3.8, 4) is 11.5 Å². The third kappa shape index (κ3) is 6.37. The number of hydrogen-bond acceptors (Lipinski definition) is 7. The molecule has 0 saturated carbocycles. The maximum Gasteiger partial charge on any atom is 0.286 e. The zero-order valence-electron chi connectivity index (χ0n) is 14.7. The summed E-state index contributed by atoms with van der Waals surface area (Å²) in [5, 5.41) is 14.3. The molecule has 9 nitrogen and oxygen atoms in total. The van der Waals surface area contributed by atoms with Gasteiger partial charge in [-0.15, -0.1) is 12.4 Å². The molecule has 1 rings (SSSR count). The van der Waals surface area contributed by atoms with Crippen LogP contribution in [0.4, 0.5) is 5.69 Å². The van der Waals surface area contributed by atoms with Crippen molar-refractivity contribution in [3.63, 3.8) is 0 Å². The summed E-state index contributed by atoms with van der Waals surface area (Å²) in [5.41, 5.74) is -0.376. The minimum atomic E-state index is -0.609. The molecule has 25 heavy (non-hydrogen) atoms. The van der Waals surface area contributed by atoms with Gasteiger partial charge >= 0.3 is 0 Å². The fraction of sp³-hybridized carbons (Fsp3) is 0.533. The predicted molar refractivity (Wildman–Crippen MR) is 95.2 cm³/mol. The number of nitrogens with one attached hydrogen (secondary N) is 1. The maximum atomic E-state index is 12.5. The number of benzene rings is 1. The summed E-state index contributed by atoms with van der Waals surface area (Å²) >= 11 is 0. The van der Waals surface area contributed by atoms with Crippen LogP contribution in [0.25, 0.3) is 0 Å². The second kappa shape index (κ2) is 11.5. The number of nitro groups is 1. The van der Waals surface area contributed by atoms with Crippen molar-refractivity contribution in [2.45, 2.75) is 0 Å². The van der Waals surface area contributed by atoms with Gasteiger partial charge in [-0.1, -0.05) is 0 Å². The highest BCUT2D eigenvalue weighted by Gasteiger charge is 2.26. The van der Waals surface area contributed by atoms with E-state index >= 15 is 0 Å². The maximum absolute atomic E-state index is 12.5. The van der Waals surface area contributed by atoms with E-state index in [1.54, 1.807) is 14.1 Å². The van der Waals surface area contributed by atoms with Crippen LogP contribution in [0.3, 0.4) is 0 Å². The van der Waals surface area contributed by atoms with Crippen LogP contribution in [0.15, 0.2) is 12.1 Å². The summed E-state index contributed by atoms with van der Waals surface area (Å²) in [7, 11) is 6.27. The summed E-state index contributed by atoms with van der Waals surface area (Å²) in [6, 6.07) is 2.53. The molecule has 0 bridgehead atoms. The minimum absolute atomic E-state index is 0. The first-order chi connectivity index (χ1) is 11.5. The Balaban J connectivity index is 0.00000576. The summed E-state index contributed by atoms with van der Waals surface area (Å²) in [6.07, 6.45) is 0. The average molecular weight is 378 g/mol. The van der Waals surface area contributed by atoms with E-state index in [9.17, 15) is 14.9 Å². The van der Waals surface area contributed by atoms with Gasteiger partial charge in [-0.3, -0.25) is 14.9 Å². The van der Waals surface area contributed by atoms with Crippen LogP contribution in [0.2, 0.25) is 0 Å². The highest BCUT2D eigenvalue weighted by atomic mass is 35.5. The van der Waals surface area contributed by atoms with E-state index in [1.165, 1.54) is 31.3 Å². The van der Waals surface area contributed by atoms with E-state index < -0.39 is 10.8 Å². The fourth-order valence-electron chi connectivity index (χ4n) is 1.97. The molecule has 10 heteroatoms. The van der Waals surface area contributed by atoms with Crippen LogP contribution in [0, 0.1) is 10.1 Å². The van der Waals surface area contributed by atoms with Crippen LogP contribution in [0.5, 0.6) is 11.5 Å². The molecule has 1 aromatic rings. The summed E-state index contributed by atoms with van der Waals surface area (Å²) in [6.45, 7) is 1.52. The summed E-state index contributed by atoms with van der Waals surface area (Å²) < 4.78 is 15.5. The molecule has 0 atom stereocenters. The lowest BCUT2D eigenvalue weighted by Gasteiger charge is -2.18. The molecule has 0 spiro atoms. The number of ether oxygens (including phenoxy) is 3. The Kier molecular flexibility index (Phi) is 10.5. The molecule has 0 aliphatic heterocycles. The zero-order valence-corrected chi connectivity index (χ0v) is 15.6. The normalized spacial score (nSPS) is 9.92. The first-order valence-corrected chi connectivity index (χ1v) is 7.34. The Bertz CT molecular complexity index is 585. The summed E-state index contributed by atoms with van der Waals surface area (Å²) in [5.74, 6) is -0.0172. The highest BCUT2D eigenvalue weighted by Crippen LogP contribution is 2.35. The summed E-state index contributed by atoms with van der Waals surface area (Å²) in [4.78, 5) is 24.6. The van der Waals surface area contributed by atoms with Gasteiger partial charge in [0.1, 0.15) is 12.2 Å². The van der Waals surface area contributed by atoms with E-state index in [2.05, 4.69) is 5.32 Å². The lowest BCUT2D eigenvalue weighted by atomic mass is 10.1. The average Bonchev–Trinajstić information content (AvgIpc) is 2.58. The number of likely N-dealkylation sites (N-methyl/N-ethyl adjacent to an activating group) is 2. The van der Waals surface area contributed by atoms with Gasteiger partial charge in [0.25, 0.3) is 11.6 Å². The lowest BCUT2D eigenvalue weighted by molar-refractivity contribution is -0.385. The molecule has 0 radical (unpaired) electrons. The number of hydrogen-bond donors (Lipinski definition) is 1. The van der Waals surface area contributed by atoms with Crippen molar-refractivity contribution >= 4 is 24.0 Å². The Hall–Kier alpha value is -2.10. The number of halogens is 1. The minimum Gasteiger partial charge on any atom is -0.493 e. The van der Waals surface area contributed by atoms with E-state index in [0.717, 1.165) is 0 Å². The molecule has 1 amide bonds. The van der Waals surface area contributed by atoms with Crippen molar-refractivity contribution in [1.82, 2.24) is 10.2 Å². The quantitative estimate of drug-likeness (QED) is 0.373. The van der Waals surface area contributed by atoms with Crippen molar-refractivity contribution in [2.24, 2.45) is 0 Å². The van der Waals surface area contributed by atoms with Crippen LogP contribution in [-0.2, 0) is 4.74 Å². The van der Waals surface area contributed by atoms with Gasteiger partial charge in [-0.05, 0) is 7.05 Å². The van der Waals surface area contributed by atoms with E-state index in [0.29, 0.717) is 19.7 Å². The Morgan fingerprint density at radius 3 is 2.48 bits per heavy atom. The van der Waals surface area contributed by atoms with Gasteiger partial charge in [-0.25, -0.2) is 0 Å². The standard InChI is InChI=1S/C15H23N3O6.ClH/c1-16-5-6-17(2)15(19)11-9-13(23-4)14(24-8-7-22-3)10-12(11)18(20)21;/h9-10,16H,5-8H2,1-4H3;1H. The number of amides is 1. The van der Waals surface area contributed by atoms with Gasteiger partial charge < -0.3 is 24.4 Å². The fourth-order valence-corrected chi connectivity index (χ4v) is 1.97. The molecule has 0 saturated heterocycles. The molecular formula is C15H24ClN3O6. The van der Waals surface area contributed by atoms with Gasteiger partial charge in [0, 0.05) is 33.3 Å². The Morgan fingerprint density at radius 1 is 1.28 bits per heavy atom. The monoisotopic (exact) mass is 377 g/mol. The zero-order chi connectivity index (χ0) is 18.1. The predicted octanol–water partition coefficient (Wildman–Crippen LogP) is 1.34. The Morgan fingerprint density at radius 2 is 1.96 bits per heavy atom. The van der Waals surface area contributed by atoms with Gasteiger partial charge in [0.2, 0.25) is 0 Å². The first-order valence-electron chi connectivity index (χ1n) is 7.34. The SMILES string of the molecule is CNCCN(C)C(=O)c1cc(OC)c(OCCOC)cc1[N+](=O)[O-].Cl. The smallest absolute Gasteiger partial charge is 0.286 e. The lowest BCUT2D eigenvalue weighted by Crippen LogP contribution is -2.33. The van der Waals surface area contributed by atoms with E-state index in [4.69, 9.17) is 14.2 Å². The number of nitro benzene ring substituents is 1. The van der Waals surface area contributed by atoms with Crippen molar-refractivity contribution in [3.05, 3.63) is 27.8 Å². The molecule has 0 unspecified atom stereocenters. The molecule has 0 aliphatic rings. The number of rotatable bonds is 10. The van der Waals surface area contributed by atoms with Gasteiger partial charge in [0.05, 0.1) is 24.7 Å². The highest BCUT2D eigenvalue weighted by molar-refractivity contribution is 5.99. The number of carbonyl (C=O) groups excluding carboxylic acids is 1. The van der Waals surface area contributed by atoms with E-state index in [1.807, 2.05) is 0 Å². The first kappa shape index (κ1) is 22.9. The topological polar surface area (TPSA) is 103 Å². The van der Waals surface area contributed by atoms with Crippen molar-refractivity contribution in [1.29, 1.82) is 0 Å². The van der Waals surface area contributed by atoms with Crippen LogP contribution in [-0.4, -0.2) is 70.3 Å². The van der Waals surface area contributed by atoms with Crippen LogP contribution >= 0.6 is 12.4 Å². The molecule has 0 aliphatic carbocycles. The largest absolute Gasteiger partial charge is 0.493 e.